The highest BCUT2D eigenvalue weighted by atomic mass is 16.6. The fourth-order valence-electron chi connectivity index (χ4n) is 5.41. The third-order valence-corrected chi connectivity index (χ3v) is 7.89. The molecular formula is C31H35BN6O6. The van der Waals surface area contributed by atoms with Gasteiger partial charge in [-0.1, -0.05) is 36.4 Å². The molecule has 2 fully saturated rings. The first-order valence-electron chi connectivity index (χ1n) is 14.7. The zero-order valence-electron chi connectivity index (χ0n) is 24.7. The van der Waals surface area contributed by atoms with Crippen molar-refractivity contribution in [3.8, 4) is 11.3 Å². The summed E-state index contributed by atoms with van der Waals surface area (Å²) in [6.45, 7) is 8.24. The van der Waals surface area contributed by atoms with Gasteiger partial charge >= 0.3 is 7.12 Å². The molecule has 4 aromatic rings. The van der Waals surface area contributed by atoms with E-state index in [0.717, 1.165) is 28.9 Å². The average Bonchev–Trinajstić information content (AvgIpc) is 3.04. The molecule has 0 aliphatic carbocycles. The Morgan fingerprint density at radius 3 is 2.39 bits per heavy atom. The van der Waals surface area contributed by atoms with Crippen molar-refractivity contribution in [2.75, 3.05) is 49.3 Å². The van der Waals surface area contributed by atoms with Crippen molar-refractivity contribution in [1.29, 1.82) is 0 Å². The first-order chi connectivity index (χ1) is 21.4. The minimum atomic E-state index is -1.53. The van der Waals surface area contributed by atoms with Crippen molar-refractivity contribution >= 4 is 41.3 Å². The molecule has 0 spiro atoms. The van der Waals surface area contributed by atoms with Gasteiger partial charge in [-0.15, -0.1) is 0 Å². The van der Waals surface area contributed by atoms with Crippen molar-refractivity contribution in [1.82, 2.24) is 20.4 Å². The second-order valence-electron chi connectivity index (χ2n) is 11.1. The van der Waals surface area contributed by atoms with E-state index in [2.05, 4.69) is 29.1 Å². The molecule has 1 amide bonds. The van der Waals surface area contributed by atoms with Gasteiger partial charge in [-0.25, -0.2) is 10.5 Å². The van der Waals surface area contributed by atoms with Crippen LogP contribution in [0.5, 0.6) is 0 Å². The van der Waals surface area contributed by atoms with E-state index in [4.69, 9.17) is 29.3 Å². The number of ether oxygens (including phenoxy) is 2. The molecule has 228 valence electrons. The average molecular weight is 598 g/mol. The van der Waals surface area contributed by atoms with Gasteiger partial charge in [0.1, 0.15) is 5.82 Å². The highest BCUT2D eigenvalue weighted by Crippen LogP contribution is 2.31. The van der Waals surface area contributed by atoms with Crippen LogP contribution in [0.4, 0.5) is 11.8 Å². The lowest BCUT2D eigenvalue weighted by atomic mass is 9.80. The Labute approximate surface area is 255 Å². The van der Waals surface area contributed by atoms with Crippen LogP contribution < -0.4 is 20.7 Å². The van der Waals surface area contributed by atoms with E-state index in [-0.39, 0.29) is 18.7 Å². The largest absolute Gasteiger partial charge is 0.488 e. The van der Waals surface area contributed by atoms with Crippen molar-refractivity contribution in [3.05, 3.63) is 71.8 Å². The molecule has 2 atom stereocenters. The minimum absolute atomic E-state index is 0.118. The normalized spacial score (nSPS) is 18.8. The number of morpholine rings is 2. The molecule has 13 heteroatoms. The molecule has 2 saturated heterocycles. The van der Waals surface area contributed by atoms with Crippen molar-refractivity contribution in [3.63, 3.8) is 0 Å². The molecule has 6 rings (SSSR count). The molecular weight excluding hydrogens is 563 g/mol. The summed E-state index contributed by atoms with van der Waals surface area (Å²) in [5.74, 6) is 1.06. The highest BCUT2D eigenvalue weighted by Gasteiger charge is 2.27. The van der Waals surface area contributed by atoms with Crippen molar-refractivity contribution < 1.29 is 29.2 Å². The van der Waals surface area contributed by atoms with Gasteiger partial charge in [-0.05, 0) is 49.1 Å². The number of nitrogens with zero attached hydrogens (tertiary/aromatic N) is 5. The Morgan fingerprint density at radius 1 is 0.955 bits per heavy atom. The van der Waals surface area contributed by atoms with E-state index < -0.39 is 13.0 Å². The van der Waals surface area contributed by atoms with E-state index in [1.807, 2.05) is 18.2 Å². The fourth-order valence-corrected chi connectivity index (χ4v) is 5.41. The van der Waals surface area contributed by atoms with Gasteiger partial charge < -0.3 is 29.3 Å². The van der Waals surface area contributed by atoms with E-state index in [1.54, 1.807) is 42.5 Å². The molecule has 0 bridgehead atoms. The van der Waals surface area contributed by atoms with Gasteiger partial charge in [0.15, 0.2) is 5.65 Å². The SMILES string of the molecule is C[C@@H]1COCCN1c1nc(N2CCOC[C@@H]2C)c2ccc(-c3cccc(C(=O)NOCc4ccc(B(O)O)cc4)c3)nc2n1. The second-order valence-corrected chi connectivity index (χ2v) is 11.1. The number of rotatable bonds is 8. The van der Waals surface area contributed by atoms with Gasteiger partial charge in [-0.2, -0.15) is 9.97 Å². The summed E-state index contributed by atoms with van der Waals surface area (Å²) in [5, 5.41) is 19.3. The lowest BCUT2D eigenvalue weighted by molar-refractivity contribution is 0.0233. The Balaban J connectivity index is 1.25. The summed E-state index contributed by atoms with van der Waals surface area (Å²) in [6, 6.07) is 18.0. The lowest BCUT2D eigenvalue weighted by Crippen LogP contribution is -2.46. The second kappa shape index (κ2) is 13.2. The summed E-state index contributed by atoms with van der Waals surface area (Å²) < 4.78 is 11.3. The quantitative estimate of drug-likeness (QED) is 0.202. The minimum Gasteiger partial charge on any atom is -0.423 e. The highest BCUT2D eigenvalue weighted by molar-refractivity contribution is 6.58. The first-order valence-corrected chi connectivity index (χ1v) is 14.7. The van der Waals surface area contributed by atoms with E-state index in [9.17, 15) is 14.8 Å². The van der Waals surface area contributed by atoms with Gasteiger partial charge in [0.2, 0.25) is 5.95 Å². The van der Waals surface area contributed by atoms with Crippen LogP contribution in [0.3, 0.4) is 0 Å². The van der Waals surface area contributed by atoms with Gasteiger partial charge in [0.05, 0.1) is 56.2 Å². The van der Waals surface area contributed by atoms with Crippen LogP contribution in [-0.4, -0.2) is 89.6 Å². The van der Waals surface area contributed by atoms with Crippen LogP contribution in [0, 0.1) is 0 Å². The zero-order chi connectivity index (χ0) is 30.6. The number of hydrogen-bond donors (Lipinski definition) is 3. The van der Waals surface area contributed by atoms with E-state index in [1.165, 1.54) is 0 Å². The molecule has 0 unspecified atom stereocenters. The number of hydrogen-bond acceptors (Lipinski definition) is 11. The Bertz CT molecular complexity index is 1620. The molecule has 0 radical (unpaired) electrons. The predicted molar refractivity (Wildman–Crippen MR) is 167 cm³/mol. The molecule has 3 N–H and O–H groups in total. The Kier molecular flexibility index (Phi) is 9.00. The molecule has 2 aromatic carbocycles. The van der Waals surface area contributed by atoms with Crippen LogP contribution in [0.2, 0.25) is 0 Å². The van der Waals surface area contributed by atoms with Crippen LogP contribution in [-0.2, 0) is 20.9 Å². The predicted octanol–water partition coefficient (Wildman–Crippen LogP) is 1.68. The number of amides is 1. The Hall–Kier alpha value is -4.14. The number of carbonyl (C=O) groups excluding carboxylic acids is 1. The van der Waals surface area contributed by atoms with Crippen molar-refractivity contribution in [2.24, 2.45) is 0 Å². The third kappa shape index (κ3) is 6.52. The maximum Gasteiger partial charge on any atom is 0.488 e. The van der Waals surface area contributed by atoms with E-state index >= 15 is 0 Å². The fraction of sp³-hybridized carbons (Fsp3) is 0.355. The summed E-state index contributed by atoms with van der Waals surface area (Å²) in [4.78, 5) is 37.7. The van der Waals surface area contributed by atoms with Gasteiger partial charge in [0.25, 0.3) is 5.91 Å². The first kappa shape index (κ1) is 29.9. The van der Waals surface area contributed by atoms with Crippen LogP contribution in [0.15, 0.2) is 60.7 Å². The number of pyridine rings is 1. The molecule has 12 nitrogen and oxygen atoms in total. The number of benzene rings is 2. The summed E-state index contributed by atoms with van der Waals surface area (Å²) >= 11 is 0. The van der Waals surface area contributed by atoms with Crippen molar-refractivity contribution in [2.45, 2.75) is 32.5 Å². The molecule has 2 aliphatic heterocycles. The number of anilines is 2. The number of fused-ring (bicyclic) bond motifs is 1. The number of carbonyl (C=O) groups is 1. The Morgan fingerprint density at radius 2 is 1.68 bits per heavy atom. The number of nitrogens with one attached hydrogen (secondary N) is 1. The topological polar surface area (TPSA) is 142 Å². The van der Waals surface area contributed by atoms with Crippen LogP contribution in [0.1, 0.15) is 29.8 Å². The lowest BCUT2D eigenvalue weighted by Gasteiger charge is -2.37. The molecule has 44 heavy (non-hydrogen) atoms. The summed E-state index contributed by atoms with van der Waals surface area (Å²) in [5.41, 5.74) is 6.06. The summed E-state index contributed by atoms with van der Waals surface area (Å²) in [6.07, 6.45) is 0. The zero-order valence-corrected chi connectivity index (χ0v) is 24.7. The maximum atomic E-state index is 12.9. The standard InChI is InChI=1S/C31H35BN6O6/c1-20-17-42-14-12-37(20)29-26-10-11-27(33-28(26)34-31(35-29)38-13-15-43-18-21(38)2)23-4-3-5-24(16-23)30(39)36-44-19-22-6-8-25(9-7-22)32(40)41/h3-11,16,20-21,40-41H,12-15,17-19H2,1-2H3,(H,36,39)/t20-,21+/m0/s1. The maximum absolute atomic E-state index is 12.9. The van der Waals surface area contributed by atoms with Gasteiger partial charge in [0, 0.05) is 24.2 Å². The van der Waals surface area contributed by atoms with Gasteiger partial charge in [-0.3, -0.25) is 9.63 Å². The van der Waals surface area contributed by atoms with Crippen LogP contribution >= 0.6 is 0 Å². The van der Waals surface area contributed by atoms with Crippen LogP contribution in [0.25, 0.3) is 22.3 Å². The summed E-state index contributed by atoms with van der Waals surface area (Å²) in [7, 11) is -1.53. The van der Waals surface area contributed by atoms with E-state index in [0.29, 0.717) is 61.3 Å². The third-order valence-electron chi connectivity index (χ3n) is 7.89. The smallest absolute Gasteiger partial charge is 0.423 e. The molecule has 2 aliphatic rings. The number of hydroxylamine groups is 1. The molecule has 4 heterocycles. The monoisotopic (exact) mass is 598 g/mol. The molecule has 2 aromatic heterocycles. The molecule has 0 saturated carbocycles. The number of aromatic nitrogens is 3.